The van der Waals surface area contributed by atoms with Gasteiger partial charge in [0.25, 0.3) is 0 Å². The van der Waals surface area contributed by atoms with Crippen LogP contribution < -0.4 is 0 Å². The fraction of sp³-hybridized carbons (Fsp3) is 0.571. The molecule has 0 fully saturated rings. The normalized spacial score (nSPS) is 11.3. The summed E-state index contributed by atoms with van der Waals surface area (Å²) in [6, 6.07) is 4.11. The van der Waals surface area contributed by atoms with Crippen LogP contribution in [0.5, 0.6) is 0 Å². The Balaban J connectivity index is 2.61. The van der Waals surface area contributed by atoms with Gasteiger partial charge in [0.05, 0.1) is 4.92 Å². The van der Waals surface area contributed by atoms with E-state index < -0.39 is 16.4 Å². The summed E-state index contributed by atoms with van der Waals surface area (Å²) in [4.78, 5) is 14.2. The second kappa shape index (κ2) is 7.91. The molecule has 0 aliphatic carbocycles. The number of nitro benzene ring substituents is 1. The van der Waals surface area contributed by atoms with Gasteiger partial charge in [0.15, 0.2) is 0 Å². The van der Waals surface area contributed by atoms with Crippen molar-refractivity contribution in [2.75, 3.05) is 33.7 Å². The lowest BCUT2D eigenvalue weighted by molar-refractivity contribution is -0.387. The van der Waals surface area contributed by atoms with Crippen molar-refractivity contribution >= 4 is 5.69 Å². The van der Waals surface area contributed by atoms with Crippen LogP contribution in [0, 0.1) is 15.9 Å². The van der Waals surface area contributed by atoms with Crippen LogP contribution in [0.2, 0.25) is 0 Å². The van der Waals surface area contributed by atoms with Crippen LogP contribution >= 0.6 is 0 Å². The Morgan fingerprint density at radius 3 is 2.50 bits per heavy atom. The van der Waals surface area contributed by atoms with Gasteiger partial charge in [-0.05, 0) is 51.8 Å². The smallest absolute Gasteiger partial charge is 0.304 e. The van der Waals surface area contributed by atoms with Crippen molar-refractivity contribution in [2.24, 2.45) is 0 Å². The third-order valence-corrected chi connectivity index (χ3v) is 3.14. The Morgan fingerprint density at radius 1 is 1.30 bits per heavy atom. The molecule has 0 saturated carbocycles. The number of hydrogen-bond donors (Lipinski definition) is 0. The second-order valence-corrected chi connectivity index (χ2v) is 5.07. The fourth-order valence-electron chi connectivity index (χ4n) is 2.01. The van der Waals surface area contributed by atoms with Crippen molar-refractivity contribution in [3.05, 3.63) is 39.7 Å². The van der Waals surface area contributed by atoms with E-state index in [0.29, 0.717) is 6.54 Å². The largest absolute Gasteiger partial charge is 0.309 e. The molecular weight excluding hydrogens is 261 g/mol. The standard InChI is InChI=1S/C14H22FN3O2/c1-4-17(9-5-8-16(2)3)11-12-6-7-14(18(19)20)13(15)10-12/h6-7,10H,4-5,8-9,11H2,1-3H3. The van der Waals surface area contributed by atoms with E-state index in [1.54, 1.807) is 6.07 Å². The molecule has 1 rings (SSSR count). The first-order valence-electron chi connectivity index (χ1n) is 6.74. The van der Waals surface area contributed by atoms with Gasteiger partial charge in [0.1, 0.15) is 0 Å². The molecule has 0 saturated heterocycles. The van der Waals surface area contributed by atoms with Crippen molar-refractivity contribution in [3.63, 3.8) is 0 Å². The van der Waals surface area contributed by atoms with Gasteiger partial charge < -0.3 is 4.90 Å². The molecule has 0 aromatic heterocycles. The van der Waals surface area contributed by atoms with E-state index in [1.807, 2.05) is 14.1 Å². The fourth-order valence-corrected chi connectivity index (χ4v) is 2.01. The van der Waals surface area contributed by atoms with Crippen LogP contribution in [-0.2, 0) is 6.54 Å². The Kier molecular flexibility index (Phi) is 6.54. The molecule has 0 radical (unpaired) electrons. The van der Waals surface area contributed by atoms with Gasteiger partial charge in [-0.15, -0.1) is 0 Å². The Bertz CT molecular complexity index is 452. The van der Waals surface area contributed by atoms with Crippen molar-refractivity contribution in [3.8, 4) is 0 Å². The molecule has 0 spiro atoms. The van der Waals surface area contributed by atoms with Gasteiger partial charge >= 0.3 is 5.69 Å². The summed E-state index contributed by atoms with van der Waals surface area (Å²) >= 11 is 0. The van der Waals surface area contributed by atoms with Crippen LogP contribution in [-0.4, -0.2) is 48.5 Å². The first-order valence-corrected chi connectivity index (χ1v) is 6.74. The molecule has 20 heavy (non-hydrogen) atoms. The lowest BCUT2D eigenvalue weighted by atomic mass is 10.2. The molecule has 6 heteroatoms. The zero-order valence-electron chi connectivity index (χ0n) is 12.3. The summed E-state index contributed by atoms with van der Waals surface area (Å²) in [5, 5.41) is 10.6. The van der Waals surface area contributed by atoms with E-state index in [9.17, 15) is 14.5 Å². The first-order chi connectivity index (χ1) is 9.43. The Hall–Kier alpha value is -1.53. The molecule has 0 heterocycles. The van der Waals surface area contributed by atoms with E-state index in [4.69, 9.17) is 0 Å². The molecule has 0 aliphatic heterocycles. The van der Waals surface area contributed by atoms with Gasteiger partial charge in [-0.1, -0.05) is 13.0 Å². The molecule has 0 unspecified atom stereocenters. The maximum Gasteiger partial charge on any atom is 0.304 e. The molecule has 0 atom stereocenters. The molecule has 5 nitrogen and oxygen atoms in total. The molecule has 0 bridgehead atoms. The van der Waals surface area contributed by atoms with Gasteiger partial charge in [0, 0.05) is 12.6 Å². The Labute approximate surface area is 119 Å². The Morgan fingerprint density at radius 2 is 2.00 bits per heavy atom. The number of rotatable bonds is 8. The monoisotopic (exact) mass is 283 g/mol. The zero-order valence-corrected chi connectivity index (χ0v) is 12.3. The SMILES string of the molecule is CCN(CCCN(C)C)Cc1ccc([N+](=O)[O-])c(F)c1. The van der Waals surface area contributed by atoms with Crippen LogP contribution in [0.15, 0.2) is 18.2 Å². The maximum atomic E-state index is 13.5. The molecule has 0 aliphatic rings. The molecule has 112 valence electrons. The maximum absolute atomic E-state index is 13.5. The third kappa shape index (κ3) is 5.22. The number of nitro groups is 1. The lowest BCUT2D eigenvalue weighted by Crippen LogP contribution is -2.27. The zero-order chi connectivity index (χ0) is 15.1. The summed E-state index contributed by atoms with van der Waals surface area (Å²) in [6.07, 6.45) is 1.04. The quantitative estimate of drug-likeness (QED) is 0.543. The van der Waals surface area contributed by atoms with Crippen LogP contribution in [0.4, 0.5) is 10.1 Å². The summed E-state index contributed by atoms with van der Waals surface area (Å²) in [7, 11) is 4.06. The van der Waals surface area contributed by atoms with Crippen molar-refractivity contribution in [1.82, 2.24) is 9.80 Å². The molecule has 1 aromatic carbocycles. The number of benzene rings is 1. The van der Waals surface area contributed by atoms with Crippen molar-refractivity contribution < 1.29 is 9.31 Å². The van der Waals surface area contributed by atoms with Crippen LogP contribution in [0.1, 0.15) is 18.9 Å². The number of nitrogens with zero attached hydrogens (tertiary/aromatic N) is 3. The summed E-state index contributed by atoms with van der Waals surface area (Å²) in [6.45, 7) is 5.46. The summed E-state index contributed by atoms with van der Waals surface area (Å²) in [5.41, 5.74) is 0.296. The lowest BCUT2D eigenvalue weighted by Gasteiger charge is -2.21. The molecular formula is C14H22FN3O2. The van der Waals surface area contributed by atoms with Gasteiger partial charge in [-0.3, -0.25) is 15.0 Å². The van der Waals surface area contributed by atoms with E-state index in [1.165, 1.54) is 12.1 Å². The minimum Gasteiger partial charge on any atom is -0.309 e. The van der Waals surface area contributed by atoms with Crippen LogP contribution in [0.3, 0.4) is 0 Å². The minimum atomic E-state index is -0.767. The molecule has 0 N–H and O–H groups in total. The topological polar surface area (TPSA) is 49.6 Å². The summed E-state index contributed by atoms with van der Waals surface area (Å²) < 4.78 is 13.5. The third-order valence-electron chi connectivity index (χ3n) is 3.14. The van der Waals surface area contributed by atoms with E-state index in [2.05, 4.69) is 16.7 Å². The highest BCUT2D eigenvalue weighted by Gasteiger charge is 2.14. The predicted molar refractivity (Wildman–Crippen MR) is 77.2 cm³/mol. The van der Waals surface area contributed by atoms with Gasteiger partial charge in [-0.25, -0.2) is 0 Å². The number of hydrogen-bond acceptors (Lipinski definition) is 4. The molecule has 0 amide bonds. The first kappa shape index (κ1) is 16.5. The average Bonchev–Trinajstić information content (AvgIpc) is 2.36. The highest BCUT2D eigenvalue weighted by molar-refractivity contribution is 5.34. The minimum absolute atomic E-state index is 0.468. The van der Waals surface area contributed by atoms with Crippen molar-refractivity contribution in [2.45, 2.75) is 19.9 Å². The van der Waals surface area contributed by atoms with Gasteiger partial charge in [-0.2, -0.15) is 4.39 Å². The van der Waals surface area contributed by atoms with E-state index in [0.717, 1.165) is 31.6 Å². The average molecular weight is 283 g/mol. The van der Waals surface area contributed by atoms with E-state index >= 15 is 0 Å². The highest BCUT2D eigenvalue weighted by Crippen LogP contribution is 2.19. The van der Waals surface area contributed by atoms with Crippen molar-refractivity contribution in [1.29, 1.82) is 0 Å². The summed E-state index contributed by atoms with van der Waals surface area (Å²) in [5.74, 6) is -0.767. The molecule has 1 aromatic rings. The second-order valence-electron chi connectivity index (χ2n) is 5.07. The highest BCUT2D eigenvalue weighted by atomic mass is 19.1. The van der Waals surface area contributed by atoms with Gasteiger partial charge in [0.2, 0.25) is 5.82 Å². The van der Waals surface area contributed by atoms with E-state index in [-0.39, 0.29) is 0 Å². The van der Waals surface area contributed by atoms with Crippen LogP contribution in [0.25, 0.3) is 0 Å². The predicted octanol–water partition coefficient (Wildman–Crippen LogP) is 2.51. The number of halogens is 1.